The number of aryl methyl sites for hydroxylation is 1. The Morgan fingerprint density at radius 2 is 2.26 bits per heavy atom. The molecule has 0 spiro atoms. The van der Waals surface area contributed by atoms with Gasteiger partial charge in [-0.1, -0.05) is 15.9 Å². The van der Waals surface area contributed by atoms with Gasteiger partial charge in [-0.05, 0) is 62.5 Å². The van der Waals surface area contributed by atoms with Gasteiger partial charge >= 0.3 is 0 Å². The zero-order chi connectivity index (χ0) is 13.0. The molecule has 1 heterocycles. The molecule has 1 amide bonds. The third-order valence-electron chi connectivity index (χ3n) is 3.25. The lowest BCUT2D eigenvalue weighted by atomic mass is 9.99. The van der Waals surface area contributed by atoms with Gasteiger partial charge in [-0.25, -0.2) is 0 Å². The van der Waals surface area contributed by atoms with Crippen LogP contribution >= 0.6 is 28.3 Å². The zero-order valence-electron chi connectivity index (χ0n) is 11.0. The van der Waals surface area contributed by atoms with E-state index in [2.05, 4.69) is 26.6 Å². The summed E-state index contributed by atoms with van der Waals surface area (Å²) in [4.78, 5) is 12.0. The summed E-state index contributed by atoms with van der Waals surface area (Å²) in [6.45, 7) is 4.87. The number of amides is 1. The van der Waals surface area contributed by atoms with Crippen molar-refractivity contribution in [2.24, 2.45) is 5.92 Å². The molecule has 0 saturated carbocycles. The molecule has 0 aromatic heterocycles. The van der Waals surface area contributed by atoms with Crippen LogP contribution in [0.5, 0.6) is 0 Å². The van der Waals surface area contributed by atoms with E-state index >= 15 is 0 Å². The van der Waals surface area contributed by atoms with E-state index in [4.69, 9.17) is 0 Å². The second-order valence-electron chi connectivity index (χ2n) is 4.94. The predicted octanol–water partition coefficient (Wildman–Crippen LogP) is 2.91. The van der Waals surface area contributed by atoms with Crippen LogP contribution in [0.4, 0.5) is 0 Å². The third kappa shape index (κ3) is 5.13. The van der Waals surface area contributed by atoms with Crippen molar-refractivity contribution in [2.75, 3.05) is 19.6 Å². The van der Waals surface area contributed by atoms with Crippen molar-refractivity contribution >= 4 is 34.2 Å². The van der Waals surface area contributed by atoms with E-state index in [9.17, 15) is 4.79 Å². The van der Waals surface area contributed by atoms with Crippen LogP contribution in [0.2, 0.25) is 0 Å². The van der Waals surface area contributed by atoms with Crippen molar-refractivity contribution in [2.45, 2.75) is 19.8 Å². The average Bonchev–Trinajstić information content (AvgIpc) is 2.36. The molecule has 1 aliphatic rings. The van der Waals surface area contributed by atoms with Gasteiger partial charge in [0, 0.05) is 16.6 Å². The van der Waals surface area contributed by atoms with E-state index in [1.165, 1.54) is 12.8 Å². The third-order valence-corrected chi connectivity index (χ3v) is 3.71. The van der Waals surface area contributed by atoms with Gasteiger partial charge in [0.2, 0.25) is 0 Å². The highest BCUT2D eigenvalue weighted by Gasteiger charge is 2.14. The Morgan fingerprint density at radius 1 is 1.47 bits per heavy atom. The Hall–Kier alpha value is -0.580. The first-order valence-electron chi connectivity index (χ1n) is 6.41. The first-order valence-corrected chi connectivity index (χ1v) is 7.20. The SMILES string of the molecule is Cc1cc(Br)cc(C(=O)NCC2CCCNC2)c1.Cl. The van der Waals surface area contributed by atoms with Gasteiger partial charge in [0.15, 0.2) is 0 Å². The molecule has 106 valence electrons. The molecule has 1 fully saturated rings. The fraction of sp³-hybridized carbons (Fsp3) is 0.500. The molecule has 1 saturated heterocycles. The van der Waals surface area contributed by atoms with E-state index < -0.39 is 0 Å². The Kier molecular flexibility index (Phi) is 6.83. The Morgan fingerprint density at radius 3 is 2.89 bits per heavy atom. The highest BCUT2D eigenvalue weighted by molar-refractivity contribution is 9.10. The minimum absolute atomic E-state index is 0. The topological polar surface area (TPSA) is 41.1 Å². The van der Waals surface area contributed by atoms with Gasteiger partial charge < -0.3 is 10.6 Å². The van der Waals surface area contributed by atoms with Crippen molar-refractivity contribution in [3.8, 4) is 0 Å². The van der Waals surface area contributed by atoms with Crippen LogP contribution in [-0.2, 0) is 0 Å². The fourth-order valence-corrected chi connectivity index (χ4v) is 2.91. The van der Waals surface area contributed by atoms with Crippen molar-refractivity contribution in [1.29, 1.82) is 0 Å². The number of rotatable bonds is 3. The van der Waals surface area contributed by atoms with E-state index in [1.807, 2.05) is 25.1 Å². The molecule has 5 heteroatoms. The van der Waals surface area contributed by atoms with E-state index in [1.54, 1.807) is 0 Å². The maximum absolute atomic E-state index is 12.0. The average molecular weight is 348 g/mol. The Balaban J connectivity index is 0.00000180. The molecule has 1 unspecified atom stereocenters. The highest BCUT2D eigenvalue weighted by atomic mass is 79.9. The maximum Gasteiger partial charge on any atom is 0.251 e. The van der Waals surface area contributed by atoms with Crippen LogP contribution in [0, 0.1) is 12.8 Å². The molecular formula is C14H20BrClN2O. The van der Waals surface area contributed by atoms with Gasteiger partial charge in [-0.15, -0.1) is 12.4 Å². The van der Waals surface area contributed by atoms with E-state index in [0.29, 0.717) is 5.92 Å². The van der Waals surface area contributed by atoms with Crippen molar-refractivity contribution in [3.63, 3.8) is 0 Å². The number of piperidine rings is 1. The molecule has 19 heavy (non-hydrogen) atoms. The summed E-state index contributed by atoms with van der Waals surface area (Å²) < 4.78 is 0.951. The molecule has 0 aliphatic carbocycles. The van der Waals surface area contributed by atoms with Crippen molar-refractivity contribution in [1.82, 2.24) is 10.6 Å². The quantitative estimate of drug-likeness (QED) is 0.883. The molecule has 2 N–H and O–H groups in total. The van der Waals surface area contributed by atoms with Gasteiger partial charge in [0.25, 0.3) is 5.91 Å². The lowest BCUT2D eigenvalue weighted by Crippen LogP contribution is -2.38. The first kappa shape index (κ1) is 16.5. The minimum Gasteiger partial charge on any atom is -0.352 e. The van der Waals surface area contributed by atoms with Gasteiger partial charge in [0.1, 0.15) is 0 Å². The maximum atomic E-state index is 12.0. The summed E-state index contributed by atoms with van der Waals surface area (Å²) in [5.74, 6) is 0.584. The number of nitrogens with one attached hydrogen (secondary N) is 2. The summed E-state index contributed by atoms with van der Waals surface area (Å²) >= 11 is 3.42. The zero-order valence-corrected chi connectivity index (χ0v) is 13.4. The van der Waals surface area contributed by atoms with Crippen molar-refractivity contribution in [3.05, 3.63) is 33.8 Å². The molecular weight excluding hydrogens is 328 g/mol. The second-order valence-corrected chi connectivity index (χ2v) is 5.86. The van der Waals surface area contributed by atoms with Crippen molar-refractivity contribution < 1.29 is 4.79 Å². The summed E-state index contributed by atoms with van der Waals surface area (Å²) in [6.07, 6.45) is 2.40. The summed E-state index contributed by atoms with van der Waals surface area (Å²) in [7, 11) is 0. The molecule has 1 atom stereocenters. The molecule has 1 aromatic rings. The first-order chi connectivity index (χ1) is 8.65. The largest absolute Gasteiger partial charge is 0.352 e. The van der Waals surface area contributed by atoms with E-state index in [0.717, 1.165) is 35.2 Å². The van der Waals surface area contributed by atoms with Gasteiger partial charge in [-0.3, -0.25) is 4.79 Å². The highest BCUT2D eigenvalue weighted by Crippen LogP contribution is 2.15. The summed E-state index contributed by atoms with van der Waals surface area (Å²) in [6, 6.07) is 5.78. The van der Waals surface area contributed by atoms with Crippen LogP contribution in [0.3, 0.4) is 0 Å². The van der Waals surface area contributed by atoms with Crippen LogP contribution < -0.4 is 10.6 Å². The molecule has 1 aromatic carbocycles. The number of hydrogen-bond acceptors (Lipinski definition) is 2. The lowest BCUT2D eigenvalue weighted by molar-refractivity contribution is 0.0944. The molecule has 3 nitrogen and oxygen atoms in total. The number of halogens is 2. The van der Waals surface area contributed by atoms with Crippen LogP contribution in [0.25, 0.3) is 0 Å². The minimum atomic E-state index is 0. The second kappa shape index (κ2) is 7.88. The number of carbonyl (C=O) groups is 1. The molecule has 0 bridgehead atoms. The van der Waals surface area contributed by atoms with Gasteiger partial charge in [-0.2, -0.15) is 0 Å². The number of carbonyl (C=O) groups excluding carboxylic acids is 1. The molecule has 2 rings (SSSR count). The predicted molar refractivity (Wildman–Crippen MR) is 84.1 cm³/mol. The summed E-state index contributed by atoms with van der Waals surface area (Å²) in [5, 5.41) is 6.38. The Labute approximate surface area is 129 Å². The summed E-state index contributed by atoms with van der Waals surface area (Å²) in [5.41, 5.74) is 1.82. The van der Waals surface area contributed by atoms with Crippen LogP contribution in [0.1, 0.15) is 28.8 Å². The standard InChI is InChI=1S/C14H19BrN2O.ClH/c1-10-5-12(7-13(15)6-10)14(18)17-9-11-3-2-4-16-8-11;/h5-7,11,16H,2-4,8-9H2,1H3,(H,17,18);1H. The number of benzene rings is 1. The Bertz CT molecular complexity index is 413. The molecule has 0 radical (unpaired) electrons. The normalized spacial score (nSPS) is 18.5. The monoisotopic (exact) mass is 346 g/mol. The smallest absolute Gasteiger partial charge is 0.251 e. The van der Waals surface area contributed by atoms with E-state index in [-0.39, 0.29) is 18.3 Å². The lowest BCUT2D eigenvalue weighted by Gasteiger charge is -2.22. The van der Waals surface area contributed by atoms with Crippen LogP contribution in [-0.4, -0.2) is 25.5 Å². The van der Waals surface area contributed by atoms with Gasteiger partial charge in [0.05, 0.1) is 0 Å². The molecule has 1 aliphatic heterocycles. The number of hydrogen-bond donors (Lipinski definition) is 2. The fourth-order valence-electron chi connectivity index (χ4n) is 2.30. The van der Waals surface area contributed by atoms with Crippen LogP contribution in [0.15, 0.2) is 22.7 Å².